The summed E-state index contributed by atoms with van der Waals surface area (Å²) in [6.45, 7) is 4.02. The van der Waals surface area contributed by atoms with E-state index in [2.05, 4.69) is 30.1 Å². The zero-order valence-corrected chi connectivity index (χ0v) is 14.3. The molecule has 1 amide bonds. The van der Waals surface area contributed by atoms with Gasteiger partial charge in [0.15, 0.2) is 0 Å². The van der Waals surface area contributed by atoms with Gasteiger partial charge in [-0.15, -0.1) is 0 Å². The molecule has 0 atom stereocenters. The number of methoxy groups -OCH3 is 1. The first kappa shape index (κ1) is 17.1. The molecule has 0 saturated carbocycles. The molecule has 1 saturated heterocycles. The Labute approximate surface area is 146 Å². The van der Waals surface area contributed by atoms with E-state index in [1.54, 1.807) is 37.8 Å². The van der Waals surface area contributed by atoms with Crippen LogP contribution in [0.4, 0.5) is 5.95 Å². The van der Waals surface area contributed by atoms with E-state index in [1.165, 1.54) is 0 Å². The van der Waals surface area contributed by atoms with E-state index < -0.39 is 0 Å². The Morgan fingerprint density at radius 3 is 2.64 bits per heavy atom. The summed E-state index contributed by atoms with van der Waals surface area (Å²) in [4.78, 5) is 29.2. The van der Waals surface area contributed by atoms with Crippen molar-refractivity contribution in [3.8, 4) is 5.75 Å². The molecule has 8 heteroatoms. The lowest BCUT2D eigenvalue weighted by Crippen LogP contribution is -2.49. The summed E-state index contributed by atoms with van der Waals surface area (Å²) in [5, 5.41) is 2.90. The first-order valence-electron chi connectivity index (χ1n) is 8.24. The lowest BCUT2D eigenvalue weighted by atomic mass is 10.3. The van der Waals surface area contributed by atoms with Crippen LogP contribution >= 0.6 is 0 Å². The average Bonchev–Trinajstić information content (AvgIpc) is 2.68. The summed E-state index contributed by atoms with van der Waals surface area (Å²) in [5.41, 5.74) is 0.777. The second-order valence-electron chi connectivity index (χ2n) is 5.78. The van der Waals surface area contributed by atoms with E-state index >= 15 is 0 Å². The molecule has 2 aromatic heterocycles. The highest BCUT2D eigenvalue weighted by Gasteiger charge is 2.20. The summed E-state index contributed by atoms with van der Waals surface area (Å²) in [6.07, 6.45) is 5.16. The van der Waals surface area contributed by atoms with Crippen molar-refractivity contribution in [1.29, 1.82) is 0 Å². The van der Waals surface area contributed by atoms with Crippen LogP contribution in [0.2, 0.25) is 0 Å². The first-order valence-corrected chi connectivity index (χ1v) is 8.24. The molecule has 1 fully saturated rings. The Bertz CT molecular complexity index is 689. The minimum absolute atomic E-state index is 0.00553. The number of carbonyl (C=O) groups excluding carboxylic acids is 1. The number of nitrogens with one attached hydrogen (secondary N) is 1. The number of rotatable bonds is 6. The Hall–Kier alpha value is -2.74. The number of amides is 1. The Kier molecular flexibility index (Phi) is 5.73. The minimum atomic E-state index is -0.00553. The van der Waals surface area contributed by atoms with E-state index in [0.29, 0.717) is 13.1 Å². The molecular formula is C17H22N6O2. The van der Waals surface area contributed by atoms with E-state index in [1.807, 2.05) is 6.07 Å². The predicted molar refractivity (Wildman–Crippen MR) is 93.3 cm³/mol. The molecule has 3 heterocycles. The van der Waals surface area contributed by atoms with Crippen LogP contribution in [0.15, 0.2) is 36.8 Å². The lowest BCUT2D eigenvalue weighted by molar-refractivity contribution is -0.122. The molecular weight excluding hydrogens is 320 g/mol. The van der Waals surface area contributed by atoms with Gasteiger partial charge in [0.1, 0.15) is 5.75 Å². The van der Waals surface area contributed by atoms with Gasteiger partial charge in [0.25, 0.3) is 0 Å². The van der Waals surface area contributed by atoms with Gasteiger partial charge in [0.2, 0.25) is 11.9 Å². The van der Waals surface area contributed by atoms with Crippen LogP contribution in [0, 0.1) is 0 Å². The van der Waals surface area contributed by atoms with Gasteiger partial charge in [-0.2, -0.15) is 0 Å². The molecule has 0 spiro atoms. The number of carbonyl (C=O) groups is 1. The average molecular weight is 342 g/mol. The number of nitrogens with zero attached hydrogens (tertiary/aromatic N) is 5. The van der Waals surface area contributed by atoms with E-state index in [9.17, 15) is 4.79 Å². The van der Waals surface area contributed by atoms with Gasteiger partial charge in [0, 0.05) is 50.8 Å². The van der Waals surface area contributed by atoms with Crippen LogP contribution in [-0.2, 0) is 11.3 Å². The molecule has 2 aromatic rings. The van der Waals surface area contributed by atoms with Crippen LogP contribution in [-0.4, -0.2) is 65.6 Å². The molecule has 1 N–H and O–H groups in total. The fourth-order valence-corrected chi connectivity index (χ4v) is 2.69. The topological polar surface area (TPSA) is 83.5 Å². The zero-order chi connectivity index (χ0) is 17.5. The molecule has 8 nitrogen and oxygen atoms in total. The monoisotopic (exact) mass is 342 g/mol. The summed E-state index contributed by atoms with van der Waals surface area (Å²) in [7, 11) is 1.61. The number of hydrogen-bond donors (Lipinski definition) is 1. The fourth-order valence-electron chi connectivity index (χ4n) is 2.69. The first-order chi connectivity index (χ1) is 12.2. The van der Waals surface area contributed by atoms with E-state index in [-0.39, 0.29) is 5.91 Å². The highest BCUT2D eigenvalue weighted by molar-refractivity contribution is 5.78. The third kappa shape index (κ3) is 4.87. The maximum absolute atomic E-state index is 12.1. The van der Waals surface area contributed by atoms with Crippen molar-refractivity contribution in [2.24, 2.45) is 0 Å². The zero-order valence-electron chi connectivity index (χ0n) is 14.3. The second kappa shape index (κ2) is 8.39. The van der Waals surface area contributed by atoms with Crippen molar-refractivity contribution in [1.82, 2.24) is 25.2 Å². The maximum Gasteiger partial charge on any atom is 0.234 e. The van der Waals surface area contributed by atoms with Crippen molar-refractivity contribution in [2.75, 3.05) is 44.7 Å². The van der Waals surface area contributed by atoms with Gasteiger partial charge in [-0.1, -0.05) is 0 Å². The van der Waals surface area contributed by atoms with Crippen LogP contribution in [0.5, 0.6) is 5.75 Å². The van der Waals surface area contributed by atoms with Crippen molar-refractivity contribution in [2.45, 2.75) is 6.54 Å². The maximum atomic E-state index is 12.1. The molecule has 132 valence electrons. The summed E-state index contributed by atoms with van der Waals surface area (Å²) >= 11 is 0. The van der Waals surface area contributed by atoms with Crippen molar-refractivity contribution in [3.63, 3.8) is 0 Å². The molecule has 0 bridgehead atoms. The summed E-state index contributed by atoms with van der Waals surface area (Å²) in [6, 6.07) is 5.40. The lowest BCUT2D eigenvalue weighted by Gasteiger charge is -2.34. The highest BCUT2D eigenvalue weighted by atomic mass is 16.5. The van der Waals surface area contributed by atoms with Crippen molar-refractivity contribution >= 4 is 11.9 Å². The third-order valence-corrected chi connectivity index (χ3v) is 4.06. The summed E-state index contributed by atoms with van der Waals surface area (Å²) < 4.78 is 5.15. The van der Waals surface area contributed by atoms with Gasteiger partial charge < -0.3 is 15.0 Å². The number of aromatic nitrogens is 3. The van der Waals surface area contributed by atoms with Gasteiger partial charge in [-0.05, 0) is 12.1 Å². The Morgan fingerprint density at radius 1 is 1.16 bits per heavy atom. The smallest absolute Gasteiger partial charge is 0.234 e. The number of anilines is 1. The van der Waals surface area contributed by atoms with Gasteiger partial charge >= 0.3 is 0 Å². The molecule has 1 aliphatic rings. The molecule has 0 aromatic carbocycles. The molecule has 0 unspecified atom stereocenters. The molecule has 0 aliphatic carbocycles. The van der Waals surface area contributed by atoms with Crippen LogP contribution in [0.25, 0.3) is 0 Å². The minimum Gasteiger partial charge on any atom is -0.497 e. The van der Waals surface area contributed by atoms with Crippen molar-refractivity contribution < 1.29 is 9.53 Å². The Morgan fingerprint density at radius 2 is 1.92 bits per heavy atom. The molecule has 3 rings (SSSR count). The quantitative estimate of drug-likeness (QED) is 0.809. The van der Waals surface area contributed by atoms with Crippen molar-refractivity contribution in [3.05, 3.63) is 42.5 Å². The van der Waals surface area contributed by atoms with Crippen LogP contribution in [0.1, 0.15) is 5.69 Å². The molecule has 0 radical (unpaired) electrons. The summed E-state index contributed by atoms with van der Waals surface area (Å²) in [5.74, 6) is 1.48. The van der Waals surface area contributed by atoms with E-state index in [0.717, 1.165) is 43.6 Å². The highest BCUT2D eigenvalue weighted by Crippen LogP contribution is 2.10. The SMILES string of the molecule is COc1ccnc(CNC(=O)CN2CCN(c3ncccn3)CC2)c1. The van der Waals surface area contributed by atoms with E-state index in [4.69, 9.17) is 4.74 Å². The van der Waals surface area contributed by atoms with Gasteiger partial charge in [-0.25, -0.2) is 9.97 Å². The third-order valence-electron chi connectivity index (χ3n) is 4.06. The standard InChI is InChI=1S/C17H22N6O2/c1-25-15-3-6-18-14(11-15)12-21-16(24)13-22-7-9-23(10-8-22)17-19-4-2-5-20-17/h2-6,11H,7-10,12-13H2,1H3,(H,21,24). The van der Waals surface area contributed by atoms with Crippen LogP contribution in [0.3, 0.4) is 0 Å². The largest absolute Gasteiger partial charge is 0.497 e. The second-order valence-corrected chi connectivity index (χ2v) is 5.78. The number of pyridine rings is 1. The van der Waals surface area contributed by atoms with Gasteiger partial charge in [-0.3, -0.25) is 14.7 Å². The molecule has 25 heavy (non-hydrogen) atoms. The predicted octanol–water partition coefficient (Wildman–Crippen LogP) is 0.319. The van der Waals surface area contributed by atoms with Crippen LogP contribution < -0.4 is 15.0 Å². The number of ether oxygens (including phenoxy) is 1. The fraction of sp³-hybridized carbons (Fsp3) is 0.412. The normalized spacial score (nSPS) is 15.0. The molecule has 1 aliphatic heterocycles. The Balaban J connectivity index is 1.42. The number of hydrogen-bond acceptors (Lipinski definition) is 7. The van der Waals surface area contributed by atoms with Gasteiger partial charge in [0.05, 0.1) is 25.9 Å². The number of piperazine rings is 1.